The summed E-state index contributed by atoms with van der Waals surface area (Å²) in [6, 6.07) is 8.34. The number of piperazine rings is 1. The number of hydrogen-bond donors (Lipinski definition) is 5. The van der Waals surface area contributed by atoms with Gasteiger partial charge in [-0.25, -0.2) is 29.2 Å². The fourth-order valence-electron chi connectivity index (χ4n) is 3.12. The van der Waals surface area contributed by atoms with Crippen molar-refractivity contribution in [3.05, 3.63) is 72.4 Å². The molecule has 0 spiro atoms. The van der Waals surface area contributed by atoms with Crippen LogP contribution in [0.5, 0.6) is 0 Å². The zero-order chi connectivity index (χ0) is 26.5. The molecular formula is C23H25N5O8. The lowest BCUT2D eigenvalue weighted by Gasteiger charge is -2.30. The van der Waals surface area contributed by atoms with Crippen molar-refractivity contribution in [2.45, 2.75) is 6.42 Å². The molecule has 36 heavy (non-hydrogen) atoms. The number of nitrogens with zero attached hydrogens (tertiary/aromatic N) is 4. The second-order valence-corrected chi connectivity index (χ2v) is 7.19. The van der Waals surface area contributed by atoms with Crippen LogP contribution in [0.1, 0.15) is 11.4 Å². The van der Waals surface area contributed by atoms with Crippen molar-refractivity contribution in [1.29, 1.82) is 0 Å². The topological polar surface area (TPSA) is 195 Å². The Morgan fingerprint density at radius 3 is 1.89 bits per heavy atom. The summed E-state index contributed by atoms with van der Waals surface area (Å²) in [4.78, 5) is 50.0. The average molecular weight is 499 g/mol. The Morgan fingerprint density at radius 1 is 0.833 bits per heavy atom. The molecule has 0 unspecified atom stereocenters. The predicted octanol–water partition coefficient (Wildman–Crippen LogP) is 0.652. The molecule has 1 aromatic heterocycles. The lowest BCUT2D eigenvalue weighted by molar-refractivity contribution is -0.134. The molecule has 13 heteroatoms. The van der Waals surface area contributed by atoms with Gasteiger partial charge in [0.1, 0.15) is 5.82 Å². The van der Waals surface area contributed by atoms with Gasteiger partial charge in [-0.15, -0.1) is 0 Å². The molecule has 2 aromatic rings. The molecule has 3 heterocycles. The Kier molecular flexibility index (Phi) is 10.5. The molecule has 2 aliphatic rings. The minimum atomic E-state index is -1.26. The second-order valence-electron chi connectivity index (χ2n) is 7.19. The molecule has 0 saturated carbocycles. The summed E-state index contributed by atoms with van der Waals surface area (Å²) >= 11 is 0. The maximum Gasteiger partial charge on any atom is 0.328 e. The summed E-state index contributed by atoms with van der Waals surface area (Å²) in [5.41, 5.74) is 2.30. The molecule has 1 fully saturated rings. The zero-order valence-electron chi connectivity index (χ0n) is 19.0. The van der Waals surface area contributed by atoms with Crippen molar-refractivity contribution in [1.82, 2.24) is 19.8 Å². The maximum atomic E-state index is 9.55. The molecule has 0 atom stereocenters. The van der Waals surface area contributed by atoms with Crippen molar-refractivity contribution < 1.29 is 39.6 Å². The van der Waals surface area contributed by atoms with E-state index in [-0.39, 0.29) is 0 Å². The fourth-order valence-corrected chi connectivity index (χ4v) is 3.12. The molecule has 13 nitrogen and oxygen atoms in total. The first-order valence-electron chi connectivity index (χ1n) is 10.6. The number of aliphatic imine (C=N–C) groups is 1. The van der Waals surface area contributed by atoms with E-state index >= 15 is 0 Å². The van der Waals surface area contributed by atoms with E-state index in [2.05, 4.69) is 38.0 Å². The quantitative estimate of drug-likeness (QED) is 0.371. The molecule has 190 valence electrons. The van der Waals surface area contributed by atoms with Gasteiger partial charge in [0.2, 0.25) is 5.96 Å². The van der Waals surface area contributed by atoms with Gasteiger partial charge in [-0.1, -0.05) is 18.2 Å². The molecular weight excluding hydrogens is 474 g/mol. The smallest absolute Gasteiger partial charge is 0.328 e. The van der Waals surface area contributed by atoms with Crippen LogP contribution in [0, 0.1) is 0 Å². The van der Waals surface area contributed by atoms with Gasteiger partial charge in [-0.3, -0.25) is 4.57 Å². The van der Waals surface area contributed by atoms with Gasteiger partial charge in [0, 0.05) is 69.3 Å². The molecule has 0 bridgehead atoms. The van der Waals surface area contributed by atoms with Gasteiger partial charge < -0.3 is 30.6 Å². The third-order valence-electron chi connectivity index (χ3n) is 4.63. The van der Waals surface area contributed by atoms with E-state index < -0.39 is 23.9 Å². The molecule has 0 amide bonds. The summed E-state index contributed by atoms with van der Waals surface area (Å²) in [5.74, 6) is -2.96. The van der Waals surface area contributed by atoms with Crippen molar-refractivity contribution in [3.8, 4) is 0 Å². The number of benzene rings is 1. The Balaban J connectivity index is 0.000000239. The van der Waals surface area contributed by atoms with Gasteiger partial charge in [0.05, 0.1) is 5.69 Å². The molecule has 5 N–H and O–H groups in total. The number of hydrogen-bond acceptors (Lipinski definition) is 8. The number of aromatic nitrogens is 2. The van der Waals surface area contributed by atoms with Crippen molar-refractivity contribution in [2.24, 2.45) is 4.99 Å². The number of nitrogens with one attached hydrogen (secondary N) is 1. The highest BCUT2D eigenvalue weighted by molar-refractivity contribution is 5.90. The third kappa shape index (κ3) is 9.23. The summed E-state index contributed by atoms with van der Waals surface area (Å²) in [5, 5.41) is 34.6. The van der Waals surface area contributed by atoms with E-state index in [0.717, 1.165) is 50.1 Å². The van der Waals surface area contributed by atoms with Crippen molar-refractivity contribution >= 4 is 35.5 Å². The van der Waals surface area contributed by atoms with Crippen LogP contribution < -0.4 is 5.32 Å². The van der Waals surface area contributed by atoms with E-state index in [9.17, 15) is 19.2 Å². The Hall–Kier alpha value is -4.78. The molecule has 4 rings (SSSR count). The third-order valence-corrected chi connectivity index (χ3v) is 4.63. The first kappa shape index (κ1) is 27.5. The fraction of sp³-hybridized carbons (Fsp3) is 0.217. The minimum absolute atomic E-state index is 0.558. The van der Waals surface area contributed by atoms with Crippen molar-refractivity contribution in [2.75, 3.05) is 26.2 Å². The summed E-state index contributed by atoms with van der Waals surface area (Å²) in [7, 11) is 0. The number of aliphatic carboxylic acids is 4. The van der Waals surface area contributed by atoms with Gasteiger partial charge in [-0.05, 0) is 11.6 Å². The first-order valence-corrected chi connectivity index (χ1v) is 10.6. The van der Waals surface area contributed by atoms with Gasteiger partial charge in [0.15, 0.2) is 0 Å². The largest absolute Gasteiger partial charge is 0.478 e. The Bertz CT molecular complexity index is 1110. The van der Waals surface area contributed by atoms with Crippen LogP contribution in [-0.4, -0.2) is 90.9 Å². The lowest BCUT2D eigenvalue weighted by Crippen LogP contribution is -2.48. The molecule has 1 aromatic carbocycles. The van der Waals surface area contributed by atoms with Gasteiger partial charge in [0.25, 0.3) is 0 Å². The molecule has 0 aliphatic carbocycles. The van der Waals surface area contributed by atoms with E-state index in [0.29, 0.717) is 24.3 Å². The zero-order valence-corrected chi connectivity index (χ0v) is 19.0. The van der Waals surface area contributed by atoms with Crippen LogP contribution in [0.3, 0.4) is 0 Å². The maximum absolute atomic E-state index is 9.55. The molecule has 2 aliphatic heterocycles. The number of imidazole rings is 1. The minimum Gasteiger partial charge on any atom is -0.478 e. The first-order chi connectivity index (χ1) is 17.2. The van der Waals surface area contributed by atoms with E-state index in [1.165, 1.54) is 5.56 Å². The van der Waals surface area contributed by atoms with E-state index in [1.807, 2.05) is 18.5 Å². The summed E-state index contributed by atoms with van der Waals surface area (Å²) in [6.07, 6.45) is 6.95. The summed E-state index contributed by atoms with van der Waals surface area (Å²) in [6.45, 7) is 3.98. The predicted molar refractivity (Wildman–Crippen MR) is 127 cm³/mol. The van der Waals surface area contributed by atoms with Crippen LogP contribution in [0.25, 0.3) is 0 Å². The van der Waals surface area contributed by atoms with Crippen LogP contribution >= 0.6 is 0 Å². The lowest BCUT2D eigenvalue weighted by atomic mass is 10.1. The van der Waals surface area contributed by atoms with E-state index in [4.69, 9.17) is 25.4 Å². The van der Waals surface area contributed by atoms with E-state index in [1.54, 1.807) is 0 Å². The number of fused-ring (bicyclic) bond motifs is 2. The SMILES string of the molecule is O=C(O)/C=C\C(=O)O.O=C(O)/C=C\C(=O)O.c1ccc2c(c1)Cc1nccn1C(N1CCNCC1)=N2. The molecule has 1 saturated heterocycles. The van der Waals surface area contributed by atoms with Crippen molar-refractivity contribution in [3.63, 3.8) is 0 Å². The van der Waals surface area contributed by atoms with Crippen LogP contribution in [-0.2, 0) is 25.6 Å². The Morgan fingerprint density at radius 2 is 1.36 bits per heavy atom. The monoisotopic (exact) mass is 499 g/mol. The summed E-state index contributed by atoms with van der Waals surface area (Å²) < 4.78 is 2.13. The highest BCUT2D eigenvalue weighted by Gasteiger charge is 2.22. The highest BCUT2D eigenvalue weighted by Crippen LogP contribution is 2.25. The van der Waals surface area contributed by atoms with Crippen LogP contribution in [0.15, 0.2) is 66.0 Å². The number of carbonyl (C=O) groups is 4. The van der Waals surface area contributed by atoms with Gasteiger partial charge >= 0.3 is 23.9 Å². The van der Waals surface area contributed by atoms with Crippen LogP contribution in [0.4, 0.5) is 5.69 Å². The highest BCUT2D eigenvalue weighted by atomic mass is 16.4. The standard InChI is InChI=1S/C15H17N5.2C4H4O4/c1-2-4-13-12(3-1)11-14-17-7-10-20(14)15(18-13)19-8-5-16-6-9-19;2*5-3(6)1-2-4(7)8/h1-4,7,10,16H,5-6,8-9,11H2;2*1-2H,(H,5,6)(H,7,8)/b;2*2-1-. The average Bonchev–Trinajstić information content (AvgIpc) is 3.23. The van der Waals surface area contributed by atoms with Crippen LogP contribution in [0.2, 0.25) is 0 Å². The molecule has 0 radical (unpaired) electrons. The Labute approximate surface area is 205 Å². The number of para-hydroxylation sites is 1. The number of carboxylic acid groups (broad SMARTS) is 4. The second kappa shape index (κ2) is 13.8. The van der Waals surface area contributed by atoms with Gasteiger partial charge in [-0.2, -0.15) is 0 Å². The number of carboxylic acids is 4. The normalized spacial score (nSPS) is 14.2. The number of rotatable bonds is 4.